The van der Waals surface area contributed by atoms with Gasteiger partial charge in [0.1, 0.15) is 5.75 Å². The number of halogens is 1. The van der Waals surface area contributed by atoms with Crippen molar-refractivity contribution in [3.8, 4) is 5.75 Å². The van der Waals surface area contributed by atoms with Crippen LogP contribution in [0.4, 0.5) is 0 Å². The number of aromatic nitrogens is 1. The van der Waals surface area contributed by atoms with Crippen LogP contribution in [0.2, 0.25) is 0 Å². The fourth-order valence-corrected chi connectivity index (χ4v) is 2.80. The maximum atomic E-state index is 5.32. The zero-order chi connectivity index (χ0) is 15.2. The molecule has 2 aromatic rings. The standard InChI is InChI=1S/C17H21BrN2O/c1-4-19-17(13-7-8-20-12(2)9-13)11-14-10-15(21-3)5-6-16(14)18/h5-10,17,19H,4,11H2,1-3H3. The number of nitrogens with zero attached hydrogens (tertiary/aromatic N) is 1. The first-order valence-electron chi connectivity index (χ1n) is 7.12. The number of hydrogen-bond acceptors (Lipinski definition) is 3. The van der Waals surface area contributed by atoms with E-state index in [0.717, 1.165) is 28.9 Å². The van der Waals surface area contributed by atoms with Gasteiger partial charge in [0.25, 0.3) is 0 Å². The molecule has 1 N–H and O–H groups in total. The Morgan fingerprint density at radius 1 is 1.29 bits per heavy atom. The van der Waals surface area contributed by atoms with Gasteiger partial charge in [0.05, 0.1) is 7.11 Å². The molecule has 0 aliphatic rings. The van der Waals surface area contributed by atoms with Crippen LogP contribution in [0.25, 0.3) is 0 Å². The Labute approximate surface area is 134 Å². The van der Waals surface area contributed by atoms with Crippen molar-refractivity contribution in [3.63, 3.8) is 0 Å². The minimum absolute atomic E-state index is 0.264. The van der Waals surface area contributed by atoms with Crippen LogP contribution in [-0.2, 0) is 6.42 Å². The Kier molecular flexibility index (Phi) is 5.76. The van der Waals surface area contributed by atoms with Gasteiger partial charge in [0.15, 0.2) is 0 Å². The zero-order valence-corrected chi connectivity index (χ0v) is 14.3. The number of nitrogens with one attached hydrogen (secondary N) is 1. The minimum Gasteiger partial charge on any atom is -0.497 e. The predicted octanol–water partition coefficient (Wildman–Crippen LogP) is 4.05. The number of rotatable bonds is 6. The van der Waals surface area contributed by atoms with E-state index < -0.39 is 0 Å². The largest absolute Gasteiger partial charge is 0.497 e. The summed E-state index contributed by atoms with van der Waals surface area (Å²) in [5.41, 5.74) is 3.54. The number of ether oxygens (including phenoxy) is 1. The summed E-state index contributed by atoms with van der Waals surface area (Å²) in [5, 5.41) is 3.55. The van der Waals surface area contributed by atoms with E-state index in [2.05, 4.69) is 51.4 Å². The zero-order valence-electron chi connectivity index (χ0n) is 12.7. The molecule has 0 aliphatic carbocycles. The Bertz CT molecular complexity index is 601. The summed E-state index contributed by atoms with van der Waals surface area (Å²) in [6.07, 6.45) is 2.77. The highest BCUT2D eigenvalue weighted by atomic mass is 79.9. The Morgan fingerprint density at radius 3 is 2.76 bits per heavy atom. The summed E-state index contributed by atoms with van der Waals surface area (Å²) < 4.78 is 6.43. The molecule has 0 amide bonds. The fraction of sp³-hybridized carbons (Fsp3) is 0.353. The molecule has 2 rings (SSSR count). The summed E-state index contributed by atoms with van der Waals surface area (Å²) in [6, 6.07) is 10.6. The van der Waals surface area contributed by atoms with Crippen molar-refractivity contribution in [2.45, 2.75) is 26.3 Å². The summed E-state index contributed by atoms with van der Waals surface area (Å²) in [7, 11) is 1.70. The van der Waals surface area contributed by atoms with Gasteiger partial charge < -0.3 is 10.1 Å². The summed E-state index contributed by atoms with van der Waals surface area (Å²) in [4.78, 5) is 4.28. The molecule has 3 nitrogen and oxygen atoms in total. The average Bonchev–Trinajstić information content (AvgIpc) is 2.49. The lowest BCUT2D eigenvalue weighted by Crippen LogP contribution is -2.23. The van der Waals surface area contributed by atoms with Crippen LogP contribution < -0.4 is 10.1 Å². The van der Waals surface area contributed by atoms with Crippen molar-refractivity contribution < 1.29 is 4.74 Å². The third-order valence-electron chi connectivity index (χ3n) is 3.45. The number of methoxy groups -OCH3 is 1. The van der Waals surface area contributed by atoms with Crippen LogP contribution in [0.5, 0.6) is 5.75 Å². The molecule has 0 bridgehead atoms. The van der Waals surface area contributed by atoms with Crippen molar-refractivity contribution in [2.75, 3.05) is 13.7 Å². The Morgan fingerprint density at radius 2 is 2.10 bits per heavy atom. The van der Waals surface area contributed by atoms with Crippen molar-refractivity contribution in [1.82, 2.24) is 10.3 Å². The lowest BCUT2D eigenvalue weighted by Gasteiger charge is -2.20. The number of benzene rings is 1. The molecule has 0 aliphatic heterocycles. The van der Waals surface area contributed by atoms with Crippen molar-refractivity contribution in [1.29, 1.82) is 0 Å². The van der Waals surface area contributed by atoms with Crippen LogP contribution in [0, 0.1) is 6.92 Å². The van der Waals surface area contributed by atoms with E-state index in [1.807, 2.05) is 25.3 Å². The Balaban J connectivity index is 2.28. The van der Waals surface area contributed by atoms with Gasteiger partial charge in [-0.1, -0.05) is 22.9 Å². The molecule has 0 saturated heterocycles. The molecular formula is C17H21BrN2O. The second-order valence-corrected chi connectivity index (χ2v) is 5.86. The highest BCUT2D eigenvalue weighted by Gasteiger charge is 2.14. The van der Waals surface area contributed by atoms with Gasteiger partial charge in [-0.15, -0.1) is 0 Å². The van der Waals surface area contributed by atoms with Crippen LogP contribution >= 0.6 is 15.9 Å². The number of pyridine rings is 1. The quantitative estimate of drug-likeness (QED) is 0.854. The first-order valence-corrected chi connectivity index (χ1v) is 7.91. The first kappa shape index (κ1) is 16.0. The maximum absolute atomic E-state index is 5.32. The minimum atomic E-state index is 0.264. The van der Waals surface area contributed by atoms with Gasteiger partial charge in [0.2, 0.25) is 0 Å². The predicted molar refractivity (Wildman–Crippen MR) is 89.8 cm³/mol. The second-order valence-electron chi connectivity index (χ2n) is 5.00. The molecule has 0 radical (unpaired) electrons. The first-order chi connectivity index (χ1) is 10.1. The molecule has 1 aromatic carbocycles. The third kappa shape index (κ3) is 4.29. The van der Waals surface area contributed by atoms with E-state index in [4.69, 9.17) is 4.74 Å². The van der Waals surface area contributed by atoms with Gasteiger partial charge >= 0.3 is 0 Å². The van der Waals surface area contributed by atoms with E-state index in [0.29, 0.717) is 0 Å². The molecule has 21 heavy (non-hydrogen) atoms. The van der Waals surface area contributed by atoms with E-state index in [-0.39, 0.29) is 6.04 Å². The smallest absolute Gasteiger partial charge is 0.119 e. The van der Waals surface area contributed by atoms with Crippen LogP contribution in [-0.4, -0.2) is 18.6 Å². The molecule has 0 fully saturated rings. The van der Waals surface area contributed by atoms with E-state index in [1.165, 1.54) is 11.1 Å². The highest BCUT2D eigenvalue weighted by molar-refractivity contribution is 9.10. The molecule has 1 unspecified atom stereocenters. The Hall–Kier alpha value is -1.39. The van der Waals surface area contributed by atoms with E-state index >= 15 is 0 Å². The summed E-state index contributed by atoms with van der Waals surface area (Å²) >= 11 is 3.63. The molecule has 0 saturated carbocycles. The molecule has 1 atom stereocenters. The van der Waals surface area contributed by atoms with Crippen molar-refractivity contribution >= 4 is 15.9 Å². The van der Waals surface area contributed by atoms with Gasteiger partial charge in [-0.3, -0.25) is 4.98 Å². The summed E-state index contributed by atoms with van der Waals surface area (Å²) in [5.74, 6) is 0.884. The van der Waals surface area contributed by atoms with Crippen molar-refractivity contribution in [3.05, 3.63) is 57.8 Å². The SMILES string of the molecule is CCNC(Cc1cc(OC)ccc1Br)c1ccnc(C)c1. The number of likely N-dealkylation sites (N-methyl/N-ethyl adjacent to an activating group) is 1. The molecule has 4 heteroatoms. The summed E-state index contributed by atoms with van der Waals surface area (Å²) in [6.45, 7) is 5.07. The topological polar surface area (TPSA) is 34.1 Å². The second kappa shape index (κ2) is 7.57. The average molecular weight is 349 g/mol. The van der Waals surface area contributed by atoms with Gasteiger partial charge in [0, 0.05) is 22.4 Å². The van der Waals surface area contributed by atoms with Gasteiger partial charge in [-0.25, -0.2) is 0 Å². The van der Waals surface area contributed by atoms with E-state index in [9.17, 15) is 0 Å². The van der Waals surface area contributed by atoms with Gasteiger partial charge in [-0.2, -0.15) is 0 Å². The molecule has 112 valence electrons. The van der Waals surface area contributed by atoms with Crippen molar-refractivity contribution in [2.24, 2.45) is 0 Å². The van der Waals surface area contributed by atoms with Crippen LogP contribution in [0.15, 0.2) is 41.0 Å². The fourth-order valence-electron chi connectivity index (χ4n) is 2.39. The highest BCUT2D eigenvalue weighted by Crippen LogP contribution is 2.27. The number of hydrogen-bond donors (Lipinski definition) is 1. The molecule has 1 aromatic heterocycles. The monoisotopic (exact) mass is 348 g/mol. The molecule has 0 spiro atoms. The third-order valence-corrected chi connectivity index (χ3v) is 4.22. The number of aryl methyl sites for hydroxylation is 1. The maximum Gasteiger partial charge on any atom is 0.119 e. The van der Waals surface area contributed by atoms with Crippen LogP contribution in [0.3, 0.4) is 0 Å². The normalized spacial score (nSPS) is 12.2. The van der Waals surface area contributed by atoms with Gasteiger partial charge in [-0.05, 0) is 61.3 Å². The lowest BCUT2D eigenvalue weighted by molar-refractivity contribution is 0.413. The van der Waals surface area contributed by atoms with E-state index in [1.54, 1.807) is 7.11 Å². The lowest BCUT2D eigenvalue weighted by atomic mass is 9.99. The molecule has 1 heterocycles. The molecular weight excluding hydrogens is 328 g/mol. The van der Waals surface area contributed by atoms with Crippen LogP contribution in [0.1, 0.15) is 29.8 Å².